The van der Waals surface area contributed by atoms with Crippen molar-refractivity contribution in [1.29, 1.82) is 0 Å². The van der Waals surface area contributed by atoms with E-state index >= 15 is 0 Å². The fourth-order valence-corrected chi connectivity index (χ4v) is 2.39. The molecule has 112 valence electrons. The maximum atomic E-state index is 9.21. The smallest absolute Gasteiger partial charge is 0.191 e. The molecule has 1 N–H and O–H groups in total. The van der Waals surface area contributed by atoms with Gasteiger partial charge in [-0.3, -0.25) is 0 Å². The van der Waals surface area contributed by atoms with Crippen molar-refractivity contribution in [3.05, 3.63) is 0 Å². The van der Waals surface area contributed by atoms with Gasteiger partial charge in [0.05, 0.1) is 6.10 Å². The molecule has 0 saturated heterocycles. The van der Waals surface area contributed by atoms with Crippen molar-refractivity contribution in [1.82, 2.24) is 0 Å². The highest BCUT2D eigenvalue weighted by Crippen LogP contribution is 2.36. The first kappa shape index (κ1) is 19.0. The summed E-state index contributed by atoms with van der Waals surface area (Å²) in [6.07, 6.45) is 2.97. The molecule has 0 unspecified atom stereocenters. The van der Waals surface area contributed by atoms with Crippen LogP contribution in [0.4, 0.5) is 0 Å². The Morgan fingerprint density at radius 1 is 1.21 bits per heavy atom. The molecule has 0 radical (unpaired) electrons. The van der Waals surface area contributed by atoms with Crippen molar-refractivity contribution in [2.75, 3.05) is 12.5 Å². The standard InChI is InChI=1S/C15H29ClO2Si/c1-15(2,3)19(4,5)18-12-10-8-6-7-9-11-14(17)13-16/h14,17H,6,8,10-13H2,1-5H3/t14-/m1/s1. The summed E-state index contributed by atoms with van der Waals surface area (Å²) in [7, 11) is -1.58. The van der Waals surface area contributed by atoms with Crippen molar-refractivity contribution in [2.45, 2.75) is 70.7 Å². The van der Waals surface area contributed by atoms with Crippen molar-refractivity contribution >= 4 is 19.9 Å². The van der Waals surface area contributed by atoms with Crippen LogP contribution in [-0.2, 0) is 4.43 Å². The van der Waals surface area contributed by atoms with E-state index < -0.39 is 14.4 Å². The van der Waals surface area contributed by atoms with E-state index in [9.17, 15) is 5.11 Å². The molecule has 0 aliphatic heterocycles. The van der Waals surface area contributed by atoms with Crippen LogP contribution in [0.1, 0.15) is 46.5 Å². The van der Waals surface area contributed by atoms with E-state index in [4.69, 9.17) is 16.0 Å². The highest BCUT2D eigenvalue weighted by Gasteiger charge is 2.36. The number of unbranched alkanes of at least 4 members (excludes halogenated alkanes) is 2. The van der Waals surface area contributed by atoms with Crippen LogP contribution in [0.5, 0.6) is 0 Å². The van der Waals surface area contributed by atoms with Crippen LogP contribution in [0.3, 0.4) is 0 Å². The molecule has 0 rings (SSSR count). The van der Waals surface area contributed by atoms with E-state index in [-0.39, 0.29) is 10.9 Å². The quantitative estimate of drug-likeness (QED) is 0.331. The Morgan fingerprint density at radius 3 is 2.37 bits per heavy atom. The summed E-state index contributed by atoms with van der Waals surface area (Å²) in [5, 5.41) is 9.50. The van der Waals surface area contributed by atoms with Crippen molar-refractivity contribution in [2.24, 2.45) is 0 Å². The predicted molar refractivity (Wildman–Crippen MR) is 86.1 cm³/mol. The second kappa shape index (κ2) is 9.02. The van der Waals surface area contributed by atoms with Gasteiger partial charge in [-0.15, -0.1) is 23.4 Å². The minimum Gasteiger partial charge on any atom is -0.417 e. The lowest BCUT2D eigenvalue weighted by atomic mass is 10.2. The highest BCUT2D eigenvalue weighted by atomic mass is 35.5. The van der Waals surface area contributed by atoms with Crippen LogP contribution in [-0.4, -0.2) is 32.0 Å². The maximum absolute atomic E-state index is 9.21. The molecule has 19 heavy (non-hydrogen) atoms. The molecule has 0 heterocycles. The number of halogens is 1. The third-order valence-electron chi connectivity index (χ3n) is 3.61. The number of hydrogen-bond donors (Lipinski definition) is 1. The number of aliphatic hydroxyl groups is 1. The summed E-state index contributed by atoms with van der Waals surface area (Å²) in [5.74, 6) is 6.28. The number of aliphatic hydroxyl groups excluding tert-OH is 1. The maximum Gasteiger partial charge on any atom is 0.191 e. The van der Waals surface area contributed by atoms with Gasteiger partial charge >= 0.3 is 0 Å². The number of rotatable bonds is 7. The summed E-state index contributed by atoms with van der Waals surface area (Å²) >= 11 is 5.48. The summed E-state index contributed by atoms with van der Waals surface area (Å²) < 4.78 is 6.09. The molecule has 0 saturated carbocycles. The van der Waals surface area contributed by atoms with Gasteiger partial charge in [0.25, 0.3) is 0 Å². The molecule has 0 bridgehead atoms. The third kappa shape index (κ3) is 8.70. The van der Waals surface area contributed by atoms with Crippen molar-refractivity contribution in [3.63, 3.8) is 0 Å². The van der Waals surface area contributed by atoms with Crippen LogP contribution in [0.15, 0.2) is 0 Å². The Balaban J connectivity index is 3.67. The lowest BCUT2D eigenvalue weighted by Crippen LogP contribution is -2.40. The Hall–Kier alpha value is -0.0131. The molecule has 0 aromatic rings. The van der Waals surface area contributed by atoms with E-state index in [2.05, 4.69) is 45.7 Å². The number of hydrogen-bond acceptors (Lipinski definition) is 2. The molecule has 0 amide bonds. The molecular formula is C15H29ClO2Si. The van der Waals surface area contributed by atoms with Gasteiger partial charge in [0.1, 0.15) is 0 Å². The minimum atomic E-state index is -1.58. The van der Waals surface area contributed by atoms with Gasteiger partial charge in [-0.25, -0.2) is 0 Å². The fraction of sp³-hybridized carbons (Fsp3) is 0.867. The van der Waals surface area contributed by atoms with E-state index in [0.717, 1.165) is 25.9 Å². The van der Waals surface area contributed by atoms with Gasteiger partial charge < -0.3 is 9.53 Å². The molecule has 0 spiro atoms. The summed E-state index contributed by atoms with van der Waals surface area (Å²) in [6, 6.07) is 0. The fourth-order valence-electron chi connectivity index (χ4n) is 1.19. The van der Waals surface area contributed by atoms with Gasteiger partial charge in [-0.05, 0) is 31.0 Å². The first-order valence-corrected chi connectivity index (χ1v) is 10.5. The lowest BCUT2D eigenvalue weighted by molar-refractivity contribution is 0.204. The topological polar surface area (TPSA) is 29.5 Å². The Morgan fingerprint density at radius 2 is 1.84 bits per heavy atom. The molecule has 0 aliphatic rings. The van der Waals surface area contributed by atoms with Crippen molar-refractivity contribution in [3.8, 4) is 11.8 Å². The second-order valence-electron chi connectivity index (χ2n) is 6.43. The largest absolute Gasteiger partial charge is 0.417 e. The molecule has 0 aromatic heterocycles. The molecule has 4 heteroatoms. The van der Waals surface area contributed by atoms with Crippen LogP contribution >= 0.6 is 11.6 Å². The third-order valence-corrected chi connectivity index (χ3v) is 8.50. The first-order valence-electron chi connectivity index (χ1n) is 7.04. The van der Waals surface area contributed by atoms with Crippen molar-refractivity contribution < 1.29 is 9.53 Å². The van der Waals surface area contributed by atoms with E-state index in [1.165, 1.54) is 0 Å². The van der Waals surface area contributed by atoms with Crippen LogP contribution in [0, 0.1) is 11.8 Å². The van der Waals surface area contributed by atoms with Gasteiger partial charge in [0, 0.05) is 25.3 Å². The van der Waals surface area contributed by atoms with Crippen LogP contribution < -0.4 is 0 Å². The van der Waals surface area contributed by atoms with E-state index in [1.54, 1.807) is 0 Å². The molecular weight excluding hydrogens is 276 g/mol. The zero-order chi connectivity index (χ0) is 14.9. The minimum absolute atomic E-state index is 0.259. The Labute approximate surface area is 125 Å². The van der Waals surface area contributed by atoms with E-state index in [0.29, 0.717) is 6.42 Å². The zero-order valence-corrected chi connectivity index (χ0v) is 14.8. The van der Waals surface area contributed by atoms with E-state index in [1.807, 2.05) is 0 Å². The average molecular weight is 305 g/mol. The normalized spacial score (nSPS) is 13.8. The molecule has 0 aromatic carbocycles. The molecule has 0 aliphatic carbocycles. The monoisotopic (exact) mass is 304 g/mol. The second-order valence-corrected chi connectivity index (χ2v) is 11.5. The van der Waals surface area contributed by atoms with Gasteiger partial charge in [0.15, 0.2) is 8.32 Å². The summed E-state index contributed by atoms with van der Waals surface area (Å²) in [4.78, 5) is 0. The van der Waals surface area contributed by atoms with Crippen LogP contribution in [0.25, 0.3) is 0 Å². The molecule has 1 atom stereocenters. The number of alkyl halides is 1. The molecule has 2 nitrogen and oxygen atoms in total. The summed E-state index contributed by atoms with van der Waals surface area (Å²) in [5.41, 5.74) is 0. The first-order chi connectivity index (χ1) is 8.70. The summed E-state index contributed by atoms with van der Waals surface area (Å²) in [6.45, 7) is 12.2. The Bertz CT molecular complexity index is 299. The van der Waals surface area contributed by atoms with Gasteiger partial charge in [-0.1, -0.05) is 20.8 Å². The van der Waals surface area contributed by atoms with Gasteiger partial charge in [-0.2, -0.15) is 0 Å². The SMILES string of the molecule is CC(C)(C)[Si](C)(C)OCCCCC#CC[C@@H](O)CCl. The predicted octanol–water partition coefficient (Wildman–Crippen LogP) is 4.17. The lowest BCUT2D eigenvalue weighted by Gasteiger charge is -2.36. The van der Waals surface area contributed by atoms with Gasteiger partial charge in [0.2, 0.25) is 0 Å². The zero-order valence-electron chi connectivity index (χ0n) is 13.1. The van der Waals surface area contributed by atoms with Crippen LogP contribution in [0.2, 0.25) is 18.1 Å². The molecule has 0 fully saturated rings. The average Bonchev–Trinajstić information content (AvgIpc) is 2.30. The highest BCUT2D eigenvalue weighted by molar-refractivity contribution is 6.74. The Kier molecular flexibility index (Phi) is 9.01.